The first kappa shape index (κ1) is 21.6. The number of hydrogen-bond donors (Lipinski definition) is 2. The van der Waals surface area contributed by atoms with Crippen molar-refractivity contribution in [1.82, 2.24) is 9.62 Å². The number of anilines is 1. The quantitative estimate of drug-likeness (QED) is 0.379. The number of nitro benzene ring substituents is 1. The summed E-state index contributed by atoms with van der Waals surface area (Å²) >= 11 is 5.96. The lowest BCUT2D eigenvalue weighted by Crippen LogP contribution is -2.29. The zero-order valence-corrected chi connectivity index (χ0v) is 16.7. The number of carbonyl (C=O) groups is 1. The predicted molar refractivity (Wildman–Crippen MR) is 106 cm³/mol. The minimum Gasteiger partial charge on any atom is -0.378 e. The van der Waals surface area contributed by atoms with E-state index in [1.807, 2.05) is 0 Å². The molecule has 0 aromatic heterocycles. The van der Waals surface area contributed by atoms with Crippen LogP contribution in [-0.4, -0.2) is 50.7 Å². The fraction of sp³-hybridized carbons (Fsp3) is 0.235. The Bertz CT molecular complexity index is 995. The van der Waals surface area contributed by atoms with Crippen molar-refractivity contribution in [3.8, 4) is 0 Å². The number of hydrogen-bond acceptors (Lipinski definition) is 6. The van der Waals surface area contributed by atoms with Gasteiger partial charge in [0.25, 0.3) is 11.6 Å². The normalized spacial score (nSPS) is 11.3. The van der Waals surface area contributed by atoms with Gasteiger partial charge < -0.3 is 10.6 Å². The molecule has 0 aliphatic rings. The van der Waals surface area contributed by atoms with E-state index in [0.717, 1.165) is 4.31 Å². The molecule has 2 aromatic carbocycles. The van der Waals surface area contributed by atoms with Crippen LogP contribution in [0.5, 0.6) is 0 Å². The molecular weight excluding hydrogens is 408 g/mol. The number of halogens is 1. The van der Waals surface area contributed by atoms with Crippen molar-refractivity contribution in [1.29, 1.82) is 0 Å². The number of amides is 1. The molecule has 2 aromatic rings. The van der Waals surface area contributed by atoms with Crippen molar-refractivity contribution in [2.45, 2.75) is 4.90 Å². The van der Waals surface area contributed by atoms with Gasteiger partial charge in [-0.25, -0.2) is 12.7 Å². The first-order valence-electron chi connectivity index (χ1n) is 8.12. The van der Waals surface area contributed by atoms with Crippen LogP contribution in [0.1, 0.15) is 10.4 Å². The molecular formula is C17H19ClN4O5S. The van der Waals surface area contributed by atoms with Gasteiger partial charge in [0.15, 0.2) is 0 Å². The van der Waals surface area contributed by atoms with E-state index >= 15 is 0 Å². The van der Waals surface area contributed by atoms with Gasteiger partial charge in [0.1, 0.15) is 10.6 Å². The van der Waals surface area contributed by atoms with Crippen molar-refractivity contribution in [3.63, 3.8) is 0 Å². The maximum atomic E-state index is 12.3. The van der Waals surface area contributed by atoms with E-state index in [0.29, 0.717) is 5.69 Å². The molecule has 0 saturated heterocycles. The second kappa shape index (κ2) is 9.00. The van der Waals surface area contributed by atoms with Gasteiger partial charge in [0, 0.05) is 38.8 Å². The molecule has 2 rings (SSSR count). The number of rotatable bonds is 8. The van der Waals surface area contributed by atoms with Crippen LogP contribution in [-0.2, 0) is 10.0 Å². The molecule has 0 radical (unpaired) electrons. The molecule has 0 saturated carbocycles. The SMILES string of the molecule is CN(C)S(=O)(=O)c1cc(C(=O)NCCNc2ccccc2[N+](=O)[O-])ccc1Cl. The molecule has 2 N–H and O–H groups in total. The van der Waals surface area contributed by atoms with Gasteiger partial charge in [0.2, 0.25) is 10.0 Å². The lowest BCUT2D eigenvalue weighted by Gasteiger charge is -2.14. The highest BCUT2D eigenvalue weighted by atomic mass is 35.5. The Balaban J connectivity index is 2.02. The van der Waals surface area contributed by atoms with Gasteiger partial charge in [-0.15, -0.1) is 0 Å². The van der Waals surface area contributed by atoms with Gasteiger partial charge in [-0.1, -0.05) is 23.7 Å². The van der Waals surface area contributed by atoms with Crippen LogP contribution in [0.25, 0.3) is 0 Å². The molecule has 0 bridgehead atoms. The molecule has 0 spiro atoms. The number of sulfonamides is 1. The summed E-state index contributed by atoms with van der Waals surface area (Å²) in [6.45, 7) is 0.413. The molecule has 0 heterocycles. The van der Waals surface area contributed by atoms with E-state index in [1.54, 1.807) is 18.2 Å². The first-order valence-corrected chi connectivity index (χ1v) is 9.94. The van der Waals surface area contributed by atoms with Crippen LogP contribution >= 0.6 is 11.6 Å². The number of nitrogens with zero attached hydrogens (tertiary/aromatic N) is 2. The van der Waals surface area contributed by atoms with Gasteiger partial charge in [0.05, 0.1) is 9.95 Å². The molecule has 28 heavy (non-hydrogen) atoms. The third-order valence-corrected chi connectivity index (χ3v) is 6.08. The first-order chi connectivity index (χ1) is 13.1. The largest absolute Gasteiger partial charge is 0.378 e. The van der Waals surface area contributed by atoms with E-state index in [4.69, 9.17) is 11.6 Å². The fourth-order valence-electron chi connectivity index (χ4n) is 2.30. The highest BCUT2D eigenvalue weighted by Crippen LogP contribution is 2.25. The molecule has 11 heteroatoms. The van der Waals surface area contributed by atoms with Gasteiger partial charge in [-0.2, -0.15) is 0 Å². The lowest BCUT2D eigenvalue weighted by atomic mass is 10.2. The maximum absolute atomic E-state index is 12.3. The molecule has 0 aliphatic carbocycles. The molecule has 150 valence electrons. The number of para-hydroxylation sites is 2. The highest BCUT2D eigenvalue weighted by molar-refractivity contribution is 7.89. The van der Waals surface area contributed by atoms with Crippen LogP contribution in [0.2, 0.25) is 5.02 Å². The Morgan fingerprint density at radius 3 is 2.50 bits per heavy atom. The third kappa shape index (κ3) is 4.97. The lowest BCUT2D eigenvalue weighted by molar-refractivity contribution is -0.384. The Labute approximate surface area is 167 Å². The Kier molecular flexibility index (Phi) is 6.95. The number of nitro groups is 1. The van der Waals surface area contributed by atoms with E-state index in [-0.39, 0.29) is 34.3 Å². The number of nitrogens with one attached hydrogen (secondary N) is 2. The average Bonchev–Trinajstić information content (AvgIpc) is 2.65. The van der Waals surface area contributed by atoms with Crippen LogP contribution < -0.4 is 10.6 Å². The summed E-state index contributed by atoms with van der Waals surface area (Å²) in [5, 5.41) is 16.5. The molecule has 0 unspecified atom stereocenters. The van der Waals surface area contributed by atoms with Crippen LogP contribution in [0.4, 0.5) is 11.4 Å². The zero-order valence-electron chi connectivity index (χ0n) is 15.2. The molecule has 0 aliphatic heterocycles. The number of carbonyl (C=O) groups excluding carboxylic acids is 1. The van der Waals surface area contributed by atoms with Crippen molar-refractivity contribution < 1.29 is 18.1 Å². The zero-order chi connectivity index (χ0) is 20.9. The Hall–Kier alpha value is -2.69. The van der Waals surface area contributed by atoms with Crippen molar-refractivity contribution in [3.05, 3.63) is 63.2 Å². The Morgan fingerprint density at radius 1 is 1.18 bits per heavy atom. The van der Waals surface area contributed by atoms with E-state index in [2.05, 4.69) is 10.6 Å². The summed E-state index contributed by atoms with van der Waals surface area (Å²) < 4.78 is 25.6. The smallest absolute Gasteiger partial charge is 0.292 e. The summed E-state index contributed by atoms with van der Waals surface area (Å²) in [4.78, 5) is 22.6. The monoisotopic (exact) mass is 426 g/mol. The summed E-state index contributed by atoms with van der Waals surface area (Å²) in [6.07, 6.45) is 0. The minimum absolute atomic E-state index is 0.0169. The topological polar surface area (TPSA) is 122 Å². The molecule has 1 amide bonds. The highest BCUT2D eigenvalue weighted by Gasteiger charge is 2.22. The second-order valence-corrected chi connectivity index (χ2v) is 8.42. The van der Waals surface area contributed by atoms with Gasteiger partial charge >= 0.3 is 0 Å². The maximum Gasteiger partial charge on any atom is 0.292 e. The van der Waals surface area contributed by atoms with E-state index < -0.39 is 20.9 Å². The van der Waals surface area contributed by atoms with Crippen molar-refractivity contribution >= 4 is 38.9 Å². The number of benzene rings is 2. The van der Waals surface area contributed by atoms with Crippen LogP contribution in [0.15, 0.2) is 47.4 Å². The summed E-state index contributed by atoms with van der Waals surface area (Å²) in [5.74, 6) is -0.490. The molecule has 0 fully saturated rings. The van der Waals surface area contributed by atoms with Crippen LogP contribution in [0, 0.1) is 10.1 Å². The van der Waals surface area contributed by atoms with Crippen LogP contribution in [0.3, 0.4) is 0 Å². The minimum atomic E-state index is -3.79. The second-order valence-electron chi connectivity index (χ2n) is 5.89. The van der Waals surface area contributed by atoms with E-state index in [9.17, 15) is 23.3 Å². The third-order valence-electron chi connectivity index (χ3n) is 3.78. The Morgan fingerprint density at radius 2 is 1.86 bits per heavy atom. The standard InChI is InChI=1S/C17H19ClN4O5S/c1-21(2)28(26,27)16-11-12(7-8-13(16)18)17(23)20-10-9-19-14-5-3-4-6-15(14)22(24)25/h3-8,11,19H,9-10H2,1-2H3,(H,20,23). The fourth-order valence-corrected chi connectivity index (χ4v) is 3.69. The average molecular weight is 427 g/mol. The van der Waals surface area contributed by atoms with Gasteiger partial charge in [-0.05, 0) is 24.3 Å². The summed E-state index contributed by atoms with van der Waals surface area (Å²) in [5.41, 5.74) is 0.410. The summed E-state index contributed by atoms with van der Waals surface area (Å²) in [7, 11) is -1.06. The van der Waals surface area contributed by atoms with Crippen molar-refractivity contribution in [2.75, 3.05) is 32.5 Å². The molecule has 9 nitrogen and oxygen atoms in total. The summed E-state index contributed by atoms with van der Waals surface area (Å²) in [6, 6.07) is 10.1. The molecule has 0 atom stereocenters. The van der Waals surface area contributed by atoms with E-state index in [1.165, 1.54) is 38.4 Å². The predicted octanol–water partition coefficient (Wildman–Crippen LogP) is 2.34. The van der Waals surface area contributed by atoms with Gasteiger partial charge in [-0.3, -0.25) is 14.9 Å². The van der Waals surface area contributed by atoms with Crippen molar-refractivity contribution in [2.24, 2.45) is 0 Å².